The highest BCUT2D eigenvalue weighted by Crippen LogP contribution is 2.16. The smallest absolute Gasteiger partial charge is 0.0431 e. The fourth-order valence-electron chi connectivity index (χ4n) is 2.01. The van der Waals surface area contributed by atoms with Crippen LogP contribution in [0.4, 0.5) is 0 Å². The molecule has 92 valence electrons. The predicted octanol–water partition coefficient (Wildman–Crippen LogP) is 4.54. The average molecular weight is 214 g/mol. The Balaban J connectivity index is 3.02. The van der Waals surface area contributed by atoms with Gasteiger partial charge in [0.25, 0.3) is 0 Å². The molecule has 0 bridgehead atoms. The lowest BCUT2D eigenvalue weighted by molar-refractivity contribution is 0.282. The Morgan fingerprint density at radius 1 is 0.800 bits per heavy atom. The maximum Gasteiger partial charge on any atom is 0.0431 e. The van der Waals surface area contributed by atoms with Crippen LogP contribution in [0.15, 0.2) is 0 Å². The molecular formula is C14H30O. The first kappa shape index (κ1) is 15.0. The topological polar surface area (TPSA) is 20.2 Å². The molecule has 0 amide bonds. The van der Waals surface area contributed by atoms with Crippen LogP contribution in [-0.4, -0.2) is 11.7 Å². The third kappa shape index (κ3) is 11.9. The molecule has 0 fully saturated rings. The van der Waals surface area contributed by atoms with E-state index in [1.807, 2.05) is 0 Å². The molecule has 0 spiro atoms. The first-order chi connectivity index (χ1) is 7.31. The molecule has 1 unspecified atom stereocenters. The summed E-state index contributed by atoms with van der Waals surface area (Å²) in [5.41, 5.74) is 0. The molecule has 0 saturated heterocycles. The molecule has 0 heterocycles. The molecule has 0 aliphatic heterocycles. The van der Waals surface area contributed by atoms with Gasteiger partial charge in [-0.15, -0.1) is 0 Å². The fraction of sp³-hybridized carbons (Fsp3) is 1.00. The van der Waals surface area contributed by atoms with Crippen molar-refractivity contribution in [1.82, 2.24) is 0 Å². The van der Waals surface area contributed by atoms with Crippen molar-refractivity contribution in [3.05, 3.63) is 0 Å². The van der Waals surface area contributed by atoms with Gasteiger partial charge < -0.3 is 5.11 Å². The number of hydrogen-bond donors (Lipinski definition) is 1. The summed E-state index contributed by atoms with van der Waals surface area (Å²) in [4.78, 5) is 0. The zero-order valence-electron chi connectivity index (χ0n) is 10.8. The van der Waals surface area contributed by atoms with Crippen molar-refractivity contribution in [3.63, 3.8) is 0 Å². The molecule has 0 aliphatic carbocycles. The Morgan fingerprint density at radius 2 is 1.33 bits per heavy atom. The van der Waals surface area contributed by atoms with Gasteiger partial charge in [-0.1, -0.05) is 71.6 Å². The normalized spacial score (nSPS) is 13.0. The highest BCUT2D eigenvalue weighted by atomic mass is 16.2. The van der Waals surface area contributed by atoms with Crippen LogP contribution in [0.5, 0.6) is 0 Å². The highest BCUT2D eigenvalue weighted by molar-refractivity contribution is 4.54. The number of aliphatic hydroxyl groups is 1. The lowest BCUT2D eigenvalue weighted by Crippen LogP contribution is -1.94. The van der Waals surface area contributed by atoms with Crippen molar-refractivity contribution in [2.24, 2.45) is 5.92 Å². The predicted molar refractivity (Wildman–Crippen MR) is 68.1 cm³/mol. The van der Waals surface area contributed by atoms with Crippen LogP contribution < -0.4 is 0 Å². The Kier molecular flexibility index (Phi) is 12.0. The maximum atomic E-state index is 8.62. The van der Waals surface area contributed by atoms with E-state index in [1.165, 1.54) is 57.8 Å². The molecule has 1 heteroatoms. The van der Waals surface area contributed by atoms with Crippen LogP contribution in [-0.2, 0) is 0 Å². The van der Waals surface area contributed by atoms with Gasteiger partial charge in [-0.2, -0.15) is 0 Å². The molecule has 0 radical (unpaired) electrons. The van der Waals surface area contributed by atoms with Gasteiger partial charge in [0, 0.05) is 6.61 Å². The number of rotatable bonds is 11. The summed E-state index contributed by atoms with van der Waals surface area (Å²) in [7, 11) is 0. The summed E-state index contributed by atoms with van der Waals surface area (Å²) >= 11 is 0. The van der Waals surface area contributed by atoms with E-state index >= 15 is 0 Å². The standard InChI is InChI=1S/C14H30O/c1-3-4-11-14(2)12-9-7-5-6-8-10-13-15/h14-15H,3-13H2,1-2H3. The molecule has 15 heavy (non-hydrogen) atoms. The largest absolute Gasteiger partial charge is 0.396 e. The quantitative estimate of drug-likeness (QED) is 0.501. The van der Waals surface area contributed by atoms with E-state index in [9.17, 15) is 0 Å². The Bertz CT molecular complexity index is 112. The number of unbranched alkanes of at least 4 members (excludes halogenated alkanes) is 6. The van der Waals surface area contributed by atoms with Gasteiger partial charge in [0.2, 0.25) is 0 Å². The second kappa shape index (κ2) is 12.0. The summed E-state index contributed by atoms with van der Waals surface area (Å²) in [5.74, 6) is 0.933. The monoisotopic (exact) mass is 214 g/mol. The number of hydrogen-bond acceptors (Lipinski definition) is 1. The SMILES string of the molecule is CCCCC(C)CCCCCCCCO. The molecule has 1 nitrogen and oxygen atoms in total. The van der Waals surface area contributed by atoms with Crippen molar-refractivity contribution in [1.29, 1.82) is 0 Å². The van der Waals surface area contributed by atoms with Crippen LogP contribution in [0.1, 0.15) is 78.1 Å². The summed E-state index contributed by atoms with van der Waals surface area (Å²) in [6.07, 6.45) is 13.2. The summed E-state index contributed by atoms with van der Waals surface area (Å²) in [5, 5.41) is 8.62. The minimum absolute atomic E-state index is 0.369. The molecule has 0 rings (SSSR count). The van der Waals surface area contributed by atoms with Gasteiger partial charge in [-0.25, -0.2) is 0 Å². The third-order valence-electron chi connectivity index (χ3n) is 3.16. The molecule has 0 aromatic heterocycles. The molecule has 1 N–H and O–H groups in total. The lowest BCUT2D eigenvalue weighted by atomic mass is 9.97. The van der Waals surface area contributed by atoms with Gasteiger partial charge in [0.05, 0.1) is 0 Å². The van der Waals surface area contributed by atoms with Crippen LogP contribution in [0.2, 0.25) is 0 Å². The molecular weight excluding hydrogens is 184 g/mol. The van der Waals surface area contributed by atoms with E-state index in [0.717, 1.165) is 12.3 Å². The van der Waals surface area contributed by atoms with Gasteiger partial charge in [0.1, 0.15) is 0 Å². The van der Waals surface area contributed by atoms with Crippen LogP contribution in [0.25, 0.3) is 0 Å². The second-order valence-corrected chi connectivity index (χ2v) is 4.88. The van der Waals surface area contributed by atoms with Gasteiger partial charge in [-0.3, -0.25) is 0 Å². The van der Waals surface area contributed by atoms with E-state index < -0.39 is 0 Å². The van der Waals surface area contributed by atoms with Crippen molar-refractivity contribution in [2.75, 3.05) is 6.61 Å². The van der Waals surface area contributed by atoms with E-state index in [2.05, 4.69) is 13.8 Å². The van der Waals surface area contributed by atoms with Crippen LogP contribution >= 0.6 is 0 Å². The Hall–Kier alpha value is -0.0400. The molecule has 0 aliphatic rings. The van der Waals surface area contributed by atoms with Crippen molar-refractivity contribution in [3.8, 4) is 0 Å². The highest BCUT2D eigenvalue weighted by Gasteiger charge is 2.00. The van der Waals surface area contributed by atoms with E-state index in [1.54, 1.807) is 0 Å². The number of aliphatic hydroxyl groups excluding tert-OH is 1. The van der Waals surface area contributed by atoms with Crippen LogP contribution in [0.3, 0.4) is 0 Å². The van der Waals surface area contributed by atoms with Crippen LogP contribution in [0, 0.1) is 5.92 Å². The maximum absolute atomic E-state index is 8.62. The van der Waals surface area contributed by atoms with Crippen molar-refractivity contribution >= 4 is 0 Å². The van der Waals surface area contributed by atoms with Gasteiger partial charge >= 0.3 is 0 Å². The second-order valence-electron chi connectivity index (χ2n) is 4.88. The summed E-state index contributed by atoms with van der Waals surface area (Å²) in [6.45, 7) is 5.03. The van der Waals surface area contributed by atoms with Crippen molar-refractivity contribution in [2.45, 2.75) is 78.1 Å². The summed E-state index contributed by atoms with van der Waals surface area (Å²) < 4.78 is 0. The minimum Gasteiger partial charge on any atom is -0.396 e. The fourth-order valence-corrected chi connectivity index (χ4v) is 2.01. The summed E-state index contributed by atoms with van der Waals surface area (Å²) in [6, 6.07) is 0. The first-order valence-electron chi connectivity index (χ1n) is 6.92. The average Bonchev–Trinajstić information content (AvgIpc) is 2.25. The lowest BCUT2D eigenvalue weighted by Gasteiger charge is -2.09. The molecule has 0 saturated carbocycles. The first-order valence-corrected chi connectivity index (χ1v) is 6.92. The molecule has 1 atom stereocenters. The van der Waals surface area contributed by atoms with E-state index in [0.29, 0.717) is 6.61 Å². The van der Waals surface area contributed by atoms with Gasteiger partial charge in [0.15, 0.2) is 0 Å². The van der Waals surface area contributed by atoms with E-state index in [4.69, 9.17) is 5.11 Å². The zero-order chi connectivity index (χ0) is 11.4. The van der Waals surface area contributed by atoms with Crippen molar-refractivity contribution < 1.29 is 5.11 Å². The third-order valence-corrected chi connectivity index (χ3v) is 3.16. The Labute approximate surface area is 96.3 Å². The molecule has 0 aromatic rings. The minimum atomic E-state index is 0.369. The van der Waals surface area contributed by atoms with E-state index in [-0.39, 0.29) is 0 Å². The zero-order valence-corrected chi connectivity index (χ0v) is 10.8. The Morgan fingerprint density at radius 3 is 1.93 bits per heavy atom. The molecule has 0 aromatic carbocycles. The van der Waals surface area contributed by atoms with Gasteiger partial charge in [-0.05, 0) is 12.3 Å².